The molecule has 1 aliphatic heterocycles. The van der Waals surface area contributed by atoms with E-state index in [9.17, 15) is 9.18 Å². The molecule has 1 saturated heterocycles. The average Bonchev–Trinajstić information content (AvgIpc) is 3.06. The number of fused-ring (bicyclic) bond motifs is 1. The number of benzene rings is 2. The second-order valence-corrected chi connectivity index (χ2v) is 8.92. The lowest BCUT2D eigenvalue weighted by atomic mass is 9.89. The third-order valence-electron chi connectivity index (χ3n) is 6.14. The summed E-state index contributed by atoms with van der Waals surface area (Å²) in [4.78, 5) is 14.0. The number of likely N-dealkylation sites (tertiary alicyclic amines) is 1. The van der Waals surface area contributed by atoms with Crippen molar-refractivity contribution in [1.29, 1.82) is 0 Å². The van der Waals surface area contributed by atoms with Crippen LogP contribution in [0, 0.1) is 5.82 Å². The van der Waals surface area contributed by atoms with Crippen molar-refractivity contribution in [1.82, 2.24) is 4.90 Å². The van der Waals surface area contributed by atoms with E-state index in [1.165, 1.54) is 16.7 Å². The van der Waals surface area contributed by atoms with E-state index in [0.29, 0.717) is 11.8 Å². The number of piperidine rings is 1. The number of nitrogens with one attached hydrogen (secondary N) is 1. The first-order chi connectivity index (χ1) is 13.5. The monoisotopic (exact) mass is 444 g/mol. The zero-order valence-corrected chi connectivity index (χ0v) is 17.8. The van der Waals surface area contributed by atoms with Crippen molar-refractivity contribution in [3.05, 3.63) is 63.4 Å². The highest BCUT2D eigenvalue weighted by Gasteiger charge is 2.29. The van der Waals surface area contributed by atoms with Gasteiger partial charge in [0.1, 0.15) is 5.82 Å². The Morgan fingerprint density at radius 2 is 1.89 bits per heavy atom. The van der Waals surface area contributed by atoms with E-state index < -0.39 is 0 Å². The lowest BCUT2D eigenvalue weighted by Crippen LogP contribution is -2.35. The van der Waals surface area contributed by atoms with Crippen molar-refractivity contribution in [3.63, 3.8) is 0 Å². The fourth-order valence-electron chi connectivity index (χ4n) is 4.72. The Balaban J connectivity index is 1.40. The van der Waals surface area contributed by atoms with Crippen LogP contribution in [0.25, 0.3) is 0 Å². The molecule has 0 aromatic heterocycles. The van der Waals surface area contributed by atoms with E-state index in [4.69, 9.17) is 0 Å². The lowest BCUT2D eigenvalue weighted by Gasteiger charge is -2.34. The summed E-state index contributed by atoms with van der Waals surface area (Å²) in [5.41, 5.74) is 4.90. The minimum Gasteiger partial charge on any atom is -0.326 e. The minimum absolute atomic E-state index is 0.0377. The van der Waals surface area contributed by atoms with Gasteiger partial charge in [-0.15, -0.1) is 0 Å². The van der Waals surface area contributed by atoms with Crippen LogP contribution in [0.4, 0.5) is 10.1 Å². The molecular formula is C23H26BrFN2O. The number of nitrogens with zero attached hydrogens (tertiary/aromatic N) is 1. The largest absolute Gasteiger partial charge is 0.326 e. The molecule has 0 bridgehead atoms. The normalized spacial score (nSPS) is 20.2. The summed E-state index contributed by atoms with van der Waals surface area (Å²) in [6, 6.07) is 11.2. The first-order valence-electron chi connectivity index (χ1n) is 10.1. The number of carbonyl (C=O) groups is 1. The molecule has 2 aromatic carbocycles. The molecule has 3 nitrogen and oxygen atoms in total. The quantitative estimate of drug-likeness (QED) is 0.678. The van der Waals surface area contributed by atoms with E-state index >= 15 is 0 Å². The second kappa shape index (κ2) is 8.34. The molecule has 0 spiro atoms. The van der Waals surface area contributed by atoms with Crippen LogP contribution >= 0.6 is 15.9 Å². The molecule has 1 aliphatic carbocycles. The Kier molecular flexibility index (Phi) is 5.83. The molecule has 1 amide bonds. The Hall–Kier alpha value is -1.72. The fourth-order valence-corrected chi connectivity index (χ4v) is 5.39. The number of anilines is 1. The van der Waals surface area contributed by atoms with E-state index in [2.05, 4.69) is 32.2 Å². The summed E-state index contributed by atoms with van der Waals surface area (Å²) < 4.78 is 14.3. The number of rotatable bonds is 4. The number of carbonyl (C=O) groups excluding carboxylic acids is 1. The number of amides is 1. The maximum atomic E-state index is 13.2. The lowest BCUT2D eigenvalue weighted by molar-refractivity contribution is -0.114. The summed E-state index contributed by atoms with van der Waals surface area (Å²) in [6.07, 6.45) is 4.50. The topological polar surface area (TPSA) is 32.3 Å². The molecule has 1 heterocycles. The second-order valence-electron chi connectivity index (χ2n) is 8.07. The van der Waals surface area contributed by atoms with Gasteiger partial charge < -0.3 is 10.2 Å². The van der Waals surface area contributed by atoms with Crippen LogP contribution in [0.3, 0.4) is 0 Å². The molecule has 2 aromatic rings. The predicted molar refractivity (Wildman–Crippen MR) is 114 cm³/mol. The van der Waals surface area contributed by atoms with E-state index in [1.807, 2.05) is 18.2 Å². The number of halogens is 2. The maximum Gasteiger partial charge on any atom is 0.221 e. The van der Waals surface area contributed by atoms with Crippen molar-refractivity contribution in [2.45, 2.75) is 44.4 Å². The standard InChI is InChI=1S/C23H26BrFN2O/c1-15(28)26-20-12-22-18(4-7-21(22)23(24)13-20)14-27-10-8-17(9-11-27)16-2-5-19(25)6-3-16/h2-3,5-6,12-13,17-18H,4,7-11,14H2,1H3,(H,26,28). The third-order valence-corrected chi connectivity index (χ3v) is 6.85. The first kappa shape index (κ1) is 19.6. The summed E-state index contributed by atoms with van der Waals surface area (Å²) in [5.74, 6) is 0.853. The zero-order valence-electron chi connectivity index (χ0n) is 16.2. The molecule has 1 fully saturated rings. The van der Waals surface area contributed by atoms with Gasteiger partial charge in [-0.05, 0) is 91.6 Å². The molecular weight excluding hydrogens is 419 g/mol. The average molecular weight is 445 g/mol. The van der Waals surface area contributed by atoms with Crippen molar-refractivity contribution in [2.75, 3.05) is 25.0 Å². The Morgan fingerprint density at radius 3 is 2.57 bits per heavy atom. The smallest absolute Gasteiger partial charge is 0.221 e. The summed E-state index contributed by atoms with van der Waals surface area (Å²) in [6.45, 7) is 4.78. The van der Waals surface area contributed by atoms with Crippen LogP contribution in [0.15, 0.2) is 40.9 Å². The van der Waals surface area contributed by atoms with Crippen molar-refractivity contribution in [2.24, 2.45) is 0 Å². The highest BCUT2D eigenvalue weighted by Crippen LogP contribution is 2.40. The van der Waals surface area contributed by atoms with E-state index in [1.54, 1.807) is 19.1 Å². The van der Waals surface area contributed by atoms with Gasteiger partial charge in [0, 0.05) is 23.6 Å². The van der Waals surface area contributed by atoms with Crippen LogP contribution in [0.5, 0.6) is 0 Å². The maximum absolute atomic E-state index is 13.2. The highest BCUT2D eigenvalue weighted by atomic mass is 79.9. The van der Waals surface area contributed by atoms with Gasteiger partial charge in [0.25, 0.3) is 0 Å². The van der Waals surface area contributed by atoms with Gasteiger partial charge in [0.15, 0.2) is 0 Å². The molecule has 4 rings (SSSR count). The SMILES string of the molecule is CC(=O)Nc1cc(Br)c2c(c1)C(CN1CCC(c3ccc(F)cc3)CC1)CC2. The molecule has 1 atom stereocenters. The van der Waals surface area contributed by atoms with Crippen LogP contribution in [0.1, 0.15) is 54.7 Å². The number of hydrogen-bond donors (Lipinski definition) is 1. The van der Waals surface area contributed by atoms with Gasteiger partial charge in [-0.1, -0.05) is 28.1 Å². The molecule has 1 N–H and O–H groups in total. The minimum atomic E-state index is -0.161. The summed E-state index contributed by atoms with van der Waals surface area (Å²) in [5, 5.41) is 2.92. The van der Waals surface area contributed by atoms with Crippen LogP contribution < -0.4 is 5.32 Å². The van der Waals surface area contributed by atoms with Gasteiger partial charge in [0.2, 0.25) is 5.91 Å². The Bertz CT molecular complexity index is 860. The molecule has 148 valence electrons. The fraction of sp³-hybridized carbons (Fsp3) is 0.435. The van der Waals surface area contributed by atoms with Crippen molar-refractivity contribution in [3.8, 4) is 0 Å². The number of hydrogen-bond acceptors (Lipinski definition) is 2. The molecule has 28 heavy (non-hydrogen) atoms. The van der Waals surface area contributed by atoms with Crippen LogP contribution in [-0.2, 0) is 11.2 Å². The van der Waals surface area contributed by atoms with E-state index in [0.717, 1.165) is 55.5 Å². The van der Waals surface area contributed by atoms with Gasteiger partial charge in [-0.25, -0.2) is 4.39 Å². The first-order valence-corrected chi connectivity index (χ1v) is 10.9. The molecule has 1 unspecified atom stereocenters. The van der Waals surface area contributed by atoms with Gasteiger partial charge >= 0.3 is 0 Å². The predicted octanol–water partition coefficient (Wildman–Crippen LogP) is 5.46. The Labute approximate surface area is 174 Å². The summed E-state index contributed by atoms with van der Waals surface area (Å²) >= 11 is 3.69. The zero-order chi connectivity index (χ0) is 19.7. The van der Waals surface area contributed by atoms with Crippen LogP contribution in [0.2, 0.25) is 0 Å². The van der Waals surface area contributed by atoms with Crippen LogP contribution in [-0.4, -0.2) is 30.4 Å². The van der Waals surface area contributed by atoms with Gasteiger partial charge in [0.05, 0.1) is 0 Å². The molecule has 5 heteroatoms. The van der Waals surface area contributed by atoms with Gasteiger partial charge in [-0.3, -0.25) is 4.79 Å². The van der Waals surface area contributed by atoms with Crippen molar-refractivity contribution < 1.29 is 9.18 Å². The highest BCUT2D eigenvalue weighted by molar-refractivity contribution is 9.10. The molecule has 0 saturated carbocycles. The van der Waals surface area contributed by atoms with E-state index in [-0.39, 0.29) is 11.7 Å². The molecule has 2 aliphatic rings. The summed E-state index contributed by atoms with van der Waals surface area (Å²) in [7, 11) is 0. The van der Waals surface area contributed by atoms with Gasteiger partial charge in [-0.2, -0.15) is 0 Å². The molecule has 0 radical (unpaired) electrons. The third kappa shape index (κ3) is 4.31. The Morgan fingerprint density at radius 1 is 1.18 bits per heavy atom. The van der Waals surface area contributed by atoms with Crippen molar-refractivity contribution >= 4 is 27.5 Å².